The maximum Gasteiger partial charge on any atom is 0.573 e. The Bertz CT molecular complexity index is 572. The molecule has 0 aliphatic heterocycles. The molecule has 1 saturated carbocycles. The van der Waals surface area contributed by atoms with Gasteiger partial charge in [-0.05, 0) is 55.9 Å². The van der Waals surface area contributed by atoms with Crippen LogP contribution in [0.4, 0.5) is 13.2 Å². The van der Waals surface area contributed by atoms with Crippen molar-refractivity contribution in [3.8, 4) is 17.6 Å². The predicted molar refractivity (Wildman–Crippen MR) is 98.8 cm³/mol. The third kappa shape index (κ3) is 8.17. The van der Waals surface area contributed by atoms with Gasteiger partial charge in [-0.15, -0.1) is 13.2 Å². The summed E-state index contributed by atoms with van der Waals surface area (Å²) in [5.74, 6) is 7.46. The lowest BCUT2D eigenvalue weighted by Gasteiger charge is -2.25. The Morgan fingerprint density at radius 2 is 1.62 bits per heavy atom. The molecule has 4 heteroatoms. The minimum atomic E-state index is -4.65. The van der Waals surface area contributed by atoms with E-state index < -0.39 is 6.36 Å². The first-order valence-corrected chi connectivity index (χ1v) is 9.83. The van der Waals surface area contributed by atoms with Crippen LogP contribution < -0.4 is 4.74 Å². The molecule has 0 aromatic heterocycles. The highest BCUT2D eigenvalue weighted by Gasteiger charge is 2.30. The molecule has 1 aliphatic rings. The van der Waals surface area contributed by atoms with E-state index in [-0.39, 0.29) is 5.75 Å². The molecular weight excluding hydrogens is 337 g/mol. The van der Waals surface area contributed by atoms with Crippen molar-refractivity contribution in [2.75, 3.05) is 0 Å². The smallest absolute Gasteiger partial charge is 0.406 e. The van der Waals surface area contributed by atoms with Gasteiger partial charge in [-0.1, -0.05) is 57.3 Å². The lowest BCUT2D eigenvalue weighted by molar-refractivity contribution is -0.274. The molecular formula is C22H29F3O. The lowest BCUT2D eigenvalue weighted by Crippen LogP contribution is -2.16. The van der Waals surface area contributed by atoms with E-state index in [1.165, 1.54) is 63.5 Å². The summed E-state index contributed by atoms with van der Waals surface area (Å²) in [6.45, 7) is 2.24. The van der Waals surface area contributed by atoms with Gasteiger partial charge in [-0.25, -0.2) is 0 Å². The highest BCUT2D eigenvalue weighted by molar-refractivity contribution is 5.38. The summed E-state index contributed by atoms with van der Waals surface area (Å²) in [5.41, 5.74) is 0.734. The third-order valence-electron chi connectivity index (χ3n) is 5.07. The Morgan fingerprint density at radius 1 is 0.962 bits per heavy atom. The zero-order valence-corrected chi connectivity index (χ0v) is 15.6. The van der Waals surface area contributed by atoms with Crippen LogP contribution in [0.1, 0.15) is 76.7 Å². The molecule has 0 saturated heterocycles. The van der Waals surface area contributed by atoms with E-state index in [4.69, 9.17) is 0 Å². The van der Waals surface area contributed by atoms with E-state index in [1.54, 1.807) is 12.1 Å². The number of halogens is 3. The van der Waals surface area contributed by atoms with Gasteiger partial charge < -0.3 is 4.74 Å². The second-order valence-corrected chi connectivity index (χ2v) is 7.26. The molecule has 1 fully saturated rings. The number of unbranched alkanes of at least 4 members (excludes halogenated alkanes) is 4. The topological polar surface area (TPSA) is 9.23 Å². The first kappa shape index (κ1) is 20.7. The minimum absolute atomic E-state index is 0.206. The first-order chi connectivity index (χ1) is 12.5. The normalized spacial score (nSPS) is 20.3. The molecule has 1 nitrogen and oxygen atoms in total. The van der Waals surface area contributed by atoms with Crippen LogP contribution in [-0.2, 0) is 0 Å². The van der Waals surface area contributed by atoms with Gasteiger partial charge in [0.2, 0.25) is 0 Å². The second-order valence-electron chi connectivity index (χ2n) is 7.26. The Kier molecular flexibility index (Phi) is 8.35. The van der Waals surface area contributed by atoms with E-state index >= 15 is 0 Å². The fourth-order valence-electron chi connectivity index (χ4n) is 3.56. The van der Waals surface area contributed by atoms with E-state index in [9.17, 15) is 13.2 Å². The molecule has 0 bridgehead atoms. The maximum absolute atomic E-state index is 12.1. The van der Waals surface area contributed by atoms with Crippen LogP contribution >= 0.6 is 0 Å². The monoisotopic (exact) mass is 366 g/mol. The maximum atomic E-state index is 12.1. The van der Waals surface area contributed by atoms with Gasteiger partial charge in [0.05, 0.1) is 0 Å². The van der Waals surface area contributed by atoms with Crippen molar-refractivity contribution in [3.63, 3.8) is 0 Å². The van der Waals surface area contributed by atoms with Crippen molar-refractivity contribution in [2.45, 2.75) is 77.5 Å². The summed E-state index contributed by atoms with van der Waals surface area (Å²) in [4.78, 5) is 0. The molecule has 1 aromatic carbocycles. The Hall–Kier alpha value is -1.63. The summed E-state index contributed by atoms with van der Waals surface area (Å²) in [6, 6.07) is 5.78. The van der Waals surface area contributed by atoms with Gasteiger partial charge in [-0.2, -0.15) is 0 Å². The average molecular weight is 366 g/mol. The van der Waals surface area contributed by atoms with Crippen molar-refractivity contribution in [1.82, 2.24) is 0 Å². The van der Waals surface area contributed by atoms with Crippen LogP contribution in [0.5, 0.6) is 5.75 Å². The van der Waals surface area contributed by atoms with Gasteiger partial charge in [0.15, 0.2) is 0 Å². The summed E-state index contributed by atoms with van der Waals surface area (Å²) < 4.78 is 40.3. The average Bonchev–Trinajstić information content (AvgIpc) is 2.61. The number of hydrogen-bond acceptors (Lipinski definition) is 1. The molecule has 144 valence electrons. The fraction of sp³-hybridized carbons (Fsp3) is 0.636. The summed E-state index contributed by atoms with van der Waals surface area (Å²) in [5, 5.41) is 0. The SMILES string of the molecule is CCCCCCCC1CCC(C#Cc2ccc(OC(F)(F)F)cc2)CC1. The molecule has 0 radical (unpaired) electrons. The quantitative estimate of drug-likeness (QED) is 0.369. The molecule has 0 amide bonds. The zero-order valence-electron chi connectivity index (χ0n) is 15.6. The van der Waals surface area contributed by atoms with Crippen molar-refractivity contribution in [2.24, 2.45) is 11.8 Å². The number of alkyl halides is 3. The van der Waals surface area contributed by atoms with Crippen LogP contribution in [-0.4, -0.2) is 6.36 Å². The van der Waals surface area contributed by atoms with Crippen LogP contribution in [0.3, 0.4) is 0 Å². The van der Waals surface area contributed by atoms with Crippen LogP contribution in [0.25, 0.3) is 0 Å². The highest BCUT2D eigenvalue weighted by Crippen LogP contribution is 2.32. The lowest BCUT2D eigenvalue weighted by atomic mass is 9.80. The minimum Gasteiger partial charge on any atom is -0.406 e. The molecule has 0 N–H and O–H groups in total. The standard InChI is InChI=1S/C22H29F3O/c1-2-3-4-5-6-7-18-8-10-19(11-9-18)12-13-20-14-16-21(17-15-20)26-22(23,24)25/h14-19H,2-11H2,1H3. The molecule has 0 unspecified atom stereocenters. The highest BCUT2D eigenvalue weighted by atomic mass is 19.4. The van der Waals surface area contributed by atoms with Crippen LogP contribution in [0.2, 0.25) is 0 Å². The number of benzene rings is 1. The van der Waals surface area contributed by atoms with E-state index in [1.807, 2.05) is 0 Å². The van der Waals surface area contributed by atoms with Crippen molar-refractivity contribution >= 4 is 0 Å². The van der Waals surface area contributed by atoms with E-state index in [0.717, 1.165) is 24.3 Å². The molecule has 0 atom stereocenters. The third-order valence-corrected chi connectivity index (χ3v) is 5.07. The van der Waals surface area contributed by atoms with Gasteiger partial charge >= 0.3 is 6.36 Å². The number of rotatable bonds is 7. The molecule has 1 aliphatic carbocycles. The number of ether oxygens (including phenoxy) is 1. The molecule has 0 spiro atoms. The van der Waals surface area contributed by atoms with Gasteiger partial charge in [0, 0.05) is 11.5 Å². The van der Waals surface area contributed by atoms with Crippen LogP contribution in [0.15, 0.2) is 24.3 Å². The van der Waals surface area contributed by atoms with Crippen molar-refractivity contribution in [3.05, 3.63) is 29.8 Å². The van der Waals surface area contributed by atoms with Crippen molar-refractivity contribution in [1.29, 1.82) is 0 Å². The summed E-state index contributed by atoms with van der Waals surface area (Å²) >= 11 is 0. The van der Waals surface area contributed by atoms with E-state index in [0.29, 0.717) is 5.92 Å². The predicted octanol–water partition coefficient (Wildman–Crippen LogP) is 7.10. The van der Waals surface area contributed by atoms with Crippen molar-refractivity contribution < 1.29 is 17.9 Å². The zero-order chi connectivity index (χ0) is 18.8. The molecule has 0 heterocycles. The Balaban J connectivity index is 1.71. The first-order valence-electron chi connectivity index (χ1n) is 9.83. The van der Waals surface area contributed by atoms with E-state index in [2.05, 4.69) is 23.5 Å². The molecule has 2 rings (SSSR count). The Labute approximate surface area is 155 Å². The van der Waals surface area contributed by atoms with Gasteiger partial charge in [0.25, 0.3) is 0 Å². The van der Waals surface area contributed by atoms with Gasteiger partial charge in [-0.3, -0.25) is 0 Å². The summed E-state index contributed by atoms with van der Waals surface area (Å²) in [6.07, 6.45) is 8.22. The molecule has 26 heavy (non-hydrogen) atoms. The fourth-order valence-corrected chi connectivity index (χ4v) is 3.56. The van der Waals surface area contributed by atoms with Gasteiger partial charge in [0.1, 0.15) is 5.75 Å². The Morgan fingerprint density at radius 3 is 2.23 bits per heavy atom. The molecule has 1 aromatic rings. The number of hydrogen-bond donors (Lipinski definition) is 0. The summed E-state index contributed by atoms with van der Waals surface area (Å²) in [7, 11) is 0. The largest absolute Gasteiger partial charge is 0.573 e. The second kappa shape index (κ2) is 10.5. The van der Waals surface area contributed by atoms with Crippen LogP contribution in [0, 0.1) is 23.7 Å².